The second-order valence-electron chi connectivity index (χ2n) is 4.48. The van der Waals surface area contributed by atoms with E-state index in [-0.39, 0.29) is 22.7 Å². The first kappa shape index (κ1) is 17.1. The van der Waals surface area contributed by atoms with Crippen LogP contribution in [0, 0.1) is 4.77 Å². The summed E-state index contributed by atoms with van der Waals surface area (Å²) in [5.41, 5.74) is 3.23. The van der Waals surface area contributed by atoms with E-state index in [1.165, 1.54) is 12.3 Å². The zero-order chi connectivity index (χ0) is 16.8. The molecule has 0 aliphatic carbocycles. The van der Waals surface area contributed by atoms with Crippen molar-refractivity contribution in [2.24, 2.45) is 5.10 Å². The number of aromatic amines is 2. The van der Waals surface area contributed by atoms with Crippen LogP contribution in [-0.2, 0) is 11.2 Å². The molecule has 1 aromatic carbocycles. The maximum absolute atomic E-state index is 11.8. The first-order valence-electron chi connectivity index (χ1n) is 6.46. The molecule has 0 spiro atoms. The number of carbonyl (C=O) groups is 1. The standard InChI is InChI=1S/C14H13BrN4O3S/c1-22-11-3-2-8(4-10(11)15)7-16-19-13(21)6-9-5-12(20)18-14(23)17-9/h2-5,7H,6H2,1H3,(H,19,21)(H2,17,18,20,23)/b16-7-. The molecule has 120 valence electrons. The number of methoxy groups -OCH3 is 1. The number of rotatable bonds is 5. The van der Waals surface area contributed by atoms with Crippen molar-refractivity contribution in [2.75, 3.05) is 7.11 Å². The van der Waals surface area contributed by atoms with Gasteiger partial charge in [-0.25, -0.2) is 5.43 Å². The SMILES string of the molecule is COc1ccc(/C=N\NC(=O)Cc2cc(=O)[nH]c(=S)[nH]2)cc1Br. The maximum Gasteiger partial charge on any atom is 0.251 e. The van der Waals surface area contributed by atoms with Gasteiger partial charge in [-0.05, 0) is 51.9 Å². The average molecular weight is 397 g/mol. The molecule has 0 unspecified atom stereocenters. The van der Waals surface area contributed by atoms with Gasteiger partial charge in [0, 0.05) is 11.8 Å². The molecule has 23 heavy (non-hydrogen) atoms. The minimum Gasteiger partial charge on any atom is -0.496 e. The molecular weight excluding hydrogens is 384 g/mol. The predicted molar refractivity (Wildman–Crippen MR) is 92.4 cm³/mol. The summed E-state index contributed by atoms with van der Waals surface area (Å²) in [7, 11) is 1.58. The summed E-state index contributed by atoms with van der Waals surface area (Å²) in [5, 5.41) is 3.87. The predicted octanol–water partition coefficient (Wildman–Crippen LogP) is 1.90. The van der Waals surface area contributed by atoms with Crippen molar-refractivity contribution in [1.82, 2.24) is 15.4 Å². The molecule has 0 aliphatic heterocycles. The number of hydrazone groups is 1. The van der Waals surface area contributed by atoms with Gasteiger partial charge in [0.15, 0.2) is 4.77 Å². The summed E-state index contributed by atoms with van der Waals surface area (Å²) < 4.78 is 6.08. The first-order valence-corrected chi connectivity index (χ1v) is 7.66. The van der Waals surface area contributed by atoms with Crippen molar-refractivity contribution < 1.29 is 9.53 Å². The Labute approximate surface area is 144 Å². The zero-order valence-corrected chi connectivity index (χ0v) is 14.5. The maximum atomic E-state index is 11.8. The van der Waals surface area contributed by atoms with Gasteiger partial charge in [-0.2, -0.15) is 5.10 Å². The van der Waals surface area contributed by atoms with Crippen molar-refractivity contribution in [3.05, 3.63) is 55.1 Å². The highest BCUT2D eigenvalue weighted by molar-refractivity contribution is 9.10. The minimum atomic E-state index is -0.370. The molecule has 0 fully saturated rings. The fraction of sp³-hybridized carbons (Fsp3) is 0.143. The number of H-pyrrole nitrogens is 2. The van der Waals surface area contributed by atoms with Crippen molar-refractivity contribution in [3.8, 4) is 5.75 Å². The second kappa shape index (κ2) is 7.84. The number of benzene rings is 1. The smallest absolute Gasteiger partial charge is 0.251 e. The summed E-state index contributed by atoms with van der Waals surface area (Å²) >= 11 is 8.20. The normalized spacial score (nSPS) is 10.7. The molecule has 0 atom stereocenters. The topological polar surface area (TPSA) is 99.3 Å². The van der Waals surface area contributed by atoms with Crippen molar-refractivity contribution in [3.63, 3.8) is 0 Å². The van der Waals surface area contributed by atoms with Crippen molar-refractivity contribution in [1.29, 1.82) is 0 Å². The van der Waals surface area contributed by atoms with Crippen LogP contribution < -0.4 is 15.7 Å². The van der Waals surface area contributed by atoms with E-state index in [1.807, 2.05) is 6.07 Å². The Kier molecular flexibility index (Phi) is 5.83. The highest BCUT2D eigenvalue weighted by Crippen LogP contribution is 2.24. The Morgan fingerprint density at radius 1 is 1.43 bits per heavy atom. The van der Waals surface area contributed by atoms with Crippen LogP contribution in [-0.4, -0.2) is 29.2 Å². The molecule has 3 N–H and O–H groups in total. The Hall–Kier alpha value is -2.26. The van der Waals surface area contributed by atoms with Crippen LogP contribution in [0.2, 0.25) is 0 Å². The van der Waals surface area contributed by atoms with Gasteiger partial charge < -0.3 is 9.72 Å². The molecule has 0 aliphatic rings. The van der Waals surface area contributed by atoms with E-state index in [1.54, 1.807) is 19.2 Å². The van der Waals surface area contributed by atoms with E-state index in [4.69, 9.17) is 17.0 Å². The van der Waals surface area contributed by atoms with Gasteiger partial charge in [-0.15, -0.1) is 0 Å². The van der Waals surface area contributed by atoms with Crippen molar-refractivity contribution in [2.45, 2.75) is 6.42 Å². The van der Waals surface area contributed by atoms with E-state index in [0.29, 0.717) is 11.4 Å². The number of hydrogen-bond donors (Lipinski definition) is 3. The van der Waals surface area contributed by atoms with Crippen molar-refractivity contribution >= 4 is 40.3 Å². The van der Waals surface area contributed by atoms with Crippen LogP contribution in [0.25, 0.3) is 0 Å². The third-order valence-electron chi connectivity index (χ3n) is 2.75. The average Bonchev–Trinajstić information content (AvgIpc) is 2.46. The molecule has 7 nitrogen and oxygen atoms in total. The number of halogens is 1. The van der Waals surface area contributed by atoms with Gasteiger partial charge in [0.05, 0.1) is 24.2 Å². The molecule has 2 aromatic rings. The highest BCUT2D eigenvalue weighted by atomic mass is 79.9. The van der Waals surface area contributed by atoms with Crippen LogP contribution in [0.3, 0.4) is 0 Å². The lowest BCUT2D eigenvalue weighted by molar-refractivity contribution is -0.120. The lowest BCUT2D eigenvalue weighted by Gasteiger charge is -2.03. The third-order valence-corrected chi connectivity index (χ3v) is 3.57. The number of carbonyl (C=O) groups excluding carboxylic acids is 1. The quantitative estimate of drug-likeness (QED) is 0.408. The molecule has 0 saturated heterocycles. The molecular formula is C14H13BrN4O3S. The number of amides is 1. The lowest BCUT2D eigenvalue weighted by Crippen LogP contribution is -2.21. The third kappa shape index (κ3) is 5.15. The highest BCUT2D eigenvalue weighted by Gasteiger charge is 2.04. The molecule has 1 aromatic heterocycles. The molecule has 0 saturated carbocycles. The Bertz CT molecular complexity index is 831. The molecule has 0 bridgehead atoms. The largest absolute Gasteiger partial charge is 0.496 e. The van der Waals surface area contributed by atoms with Crippen LogP contribution in [0.15, 0.2) is 38.6 Å². The van der Waals surface area contributed by atoms with Gasteiger partial charge in [-0.3, -0.25) is 14.6 Å². The number of nitrogens with zero attached hydrogens (tertiary/aromatic N) is 1. The van der Waals surface area contributed by atoms with E-state index in [9.17, 15) is 9.59 Å². The molecule has 1 heterocycles. The lowest BCUT2D eigenvalue weighted by atomic mass is 10.2. The molecule has 1 amide bonds. The fourth-order valence-electron chi connectivity index (χ4n) is 1.77. The van der Waals surface area contributed by atoms with E-state index >= 15 is 0 Å². The number of ether oxygens (including phenoxy) is 1. The summed E-state index contributed by atoms with van der Waals surface area (Å²) in [6.45, 7) is 0. The summed E-state index contributed by atoms with van der Waals surface area (Å²) in [6.07, 6.45) is 1.47. The van der Waals surface area contributed by atoms with Crippen LogP contribution in [0.5, 0.6) is 5.75 Å². The van der Waals surface area contributed by atoms with Gasteiger partial charge in [0.2, 0.25) is 5.91 Å². The Balaban J connectivity index is 1.97. The van der Waals surface area contributed by atoms with E-state index < -0.39 is 0 Å². The number of aromatic nitrogens is 2. The van der Waals surface area contributed by atoms with Gasteiger partial charge in [0.25, 0.3) is 5.56 Å². The number of nitrogens with one attached hydrogen (secondary N) is 3. The van der Waals surface area contributed by atoms with Crippen LogP contribution in [0.1, 0.15) is 11.3 Å². The summed E-state index contributed by atoms with van der Waals surface area (Å²) in [5.74, 6) is 0.334. The molecule has 9 heteroatoms. The van der Waals surface area contributed by atoms with Gasteiger partial charge >= 0.3 is 0 Å². The second-order valence-corrected chi connectivity index (χ2v) is 5.74. The Morgan fingerprint density at radius 3 is 2.87 bits per heavy atom. The van der Waals surface area contributed by atoms with Gasteiger partial charge in [0.1, 0.15) is 5.75 Å². The monoisotopic (exact) mass is 396 g/mol. The van der Waals surface area contributed by atoms with E-state index in [0.717, 1.165) is 10.0 Å². The first-order chi connectivity index (χ1) is 11.0. The van der Waals surface area contributed by atoms with Crippen LogP contribution in [0.4, 0.5) is 0 Å². The number of hydrogen-bond acceptors (Lipinski definition) is 5. The van der Waals surface area contributed by atoms with Crippen LogP contribution >= 0.6 is 28.1 Å². The van der Waals surface area contributed by atoms with Gasteiger partial charge in [-0.1, -0.05) is 0 Å². The minimum absolute atomic E-state index is 0.0305. The Morgan fingerprint density at radius 2 is 2.22 bits per heavy atom. The molecule has 0 radical (unpaired) electrons. The molecule has 2 rings (SSSR count). The zero-order valence-electron chi connectivity index (χ0n) is 12.1. The van der Waals surface area contributed by atoms with E-state index in [2.05, 4.69) is 36.4 Å². The summed E-state index contributed by atoms with van der Waals surface area (Å²) in [6, 6.07) is 6.67. The fourth-order valence-corrected chi connectivity index (χ4v) is 2.56. The summed E-state index contributed by atoms with van der Waals surface area (Å²) in [4.78, 5) is 28.2.